The number of pyridine rings is 1. The van der Waals surface area contributed by atoms with Crippen molar-refractivity contribution in [2.75, 3.05) is 36.5 Å². The number of morpholine rings is 1. The van der Waals surface area contributed by atoms with Crippen LogP contribution in [0.2, 0.25) is 0 Å². The highest BCUT2D eigenvalue weighted by molar-refractivity contribution is 5.87. The first-order valence-corrected chi connectivity index (χ1v) is 9.71. The van der Waals surface area contributed by atoms with Gasteiger partial charge in [-0.1, -0.05) is 30.3 Å². The van der Waals surface area contributed by atoms with Crippen molar-refractivity contribution >= 4 is 34.8 Å². The van der Waals surface area contributed by atoms with Crippen molar-refractivity contribution in [2.24, 2.45) is 5.10 Å². The minimum absolute atomic E-state index is 0.624. The van der Waals surface area contributed by atoms with E-state index in [1.807, 2.05) is 42.5 Å². The molecule has 0 atom stereocenters. The van der Waals surface area contributed by atoms with Crippen LogP contribution in [0.3, 0.4) is 0 Å². The van der Waals surface area contributed by atoms with E-state index in [1.54, 1.807) is 29.6 Å². The van der Waals surface area contributed by atoms with Crippen LogP contribution in [0.25, 0.3) is 11.2 Å². The number of nitrogens with zero attached hydrogens (tertiary/aromatic N) is 7. The second kappa shape index (κ2) is 8.26. The lowest BCUT2D eigenvalue weighted by Crippen LogP contribution is -2.37. The molecule has 1 fully saturated rings. The van der Waals surface area contributed by atoms with Crippen LogP contribution in [0.1, 0.15) is 5.56 Å². The van der Waals surface area contributed by atoms with E-state index >= 15 is 0 Å². The van der Waals surface area contributed by atoms with Gasteiger partial charge in [-0.25, -0.2) is 9.66 Å². The Balaban J connectivity index is 1.57. The molecule has 1 aliphatic heterocycles. The summed E-state index contributed by atoms with van der Waals surface area (Å²) < 4.78 is 7.14. The second-order valence-electron chi connectivity index (χ2n) is 6.75. The van der Waals surface area contributed by atoms with Crippen LogP contribution in [-0.4, -0.2) is 57.1 Å². The van der Waals surface area contributed by atoms with Crippen LogP contribution in [0, 0.1) is 0 Å². The first kappa shape index (κ1) is 18.2. The highest BCUT2D eigenvalue weighted by Gasteiger charge is 2.19. The van der Waals surface area contributed by atoms with Gasteiger partial charge in [0.15, 0.2) is 17.0 Å². The molecule has 0 saturated carbocycles. The van der Waals surface area contributed by atoms with Gasteiger partial charge in [-0.05, 0) is 17.7 Å². The Labute approximate surface area is 173 Å². The standard InChI is InChI=1S/C21H20N8O/c1-2-4-16(5-3-1)14-24-29-15-23-18-19(25-17-6-8-22-9-7-17)26-21(27-20(18)29)28-10-12-30-13-11-28/h1-9,14-15H,10-13H2,(H,22,25,26,27)/b24-14+. The summed E-state index contributed by atoms with van der Waals surface area (Å²) in [6.45, 7) is 2.78. The van der Waals surface area contributed by atoms with Gasteiger partial charge < -0.3 is 15.0 Å². The first-order valence-electron chi connectivity index (χ1n) is 9.71. The molecule has 0 aliphatic carbocycles. The lowest BCUT2D eigenvalue weighted by Gasteiger charge is -2.27. The van der Waals surface area contributed by atoms with Gasteiger partial charge in [0.1, 0.15) is 6.33 Å². The van der Waals surface area contributed by atoms with Crippen LogP contribution < -0.4 is 10.2 Å². The summed E-state index contributed by atoms with van der Waals surface area (Å²) in [7, 11) is 0. The molecule has 9 heteroatoms. The number of nitrogens with one attached hydrogen (secondary N) is 1. The van der Waals surface area contributed by atoms with E-state index in [1.165, 1.54) is 0 Å². The van der Waals surface area contributed by atoms with E-state index in [0.717, 1.165) is 24.3 Å². The summed E-state index contributed by atoms with van der Waals surface area (Å²) in [6, 6.07) is 13.7. The summed E-state index contributed by atoms with van der Waals surface area (Å²) in [5.41, 5.74) is 3.15. The number of hydrogen-bond donors (Lipinski definition) is 1. The smallest absolute Gasteiger partial charge is 0.229 e. The van der Waals surface area contributed by atoms with Crippen molar-refractivity contribution in [1.29, 1.82) is 0 Å². The van der Waals surface area contributed by atoms with Crippen molar-refractivity contribution in [1.82, 2.24) is 24.6 Å². The Hall–Kier alpha value is -3.85. The number of ether oxygens (including phenoxy) is 1. The molecule has 0 amide bonds. The summed E-state index contributed by atoms with van der Waals surface area (Å²) in [4.78, 5) is 20.2. The van der Waals surface area contributed by atoms with Crippen LogP contribution in [0.4, 0.5) is 17.5 Å². The molecular weight excluding hydrogens is 380 g/mol. The molecule has 0 radical (unpaired) electrons. The SMILES string of the molecule is C(=N\n1cnc2c(Nc3ccncc3)nc(N3CCOCC3)nc21)/c1ccccc1. The largest absolute Gasteiger partial charge is 0.378 e. The van der Waals surface area contributed by atoms with E-state index in [0.29, 0.717) is 36.1 Å². The topological polar surface area (TPSA) is 93.4 Å². The number of imidazole rings is 1. The van der Waals surface area contributed by atoms with Crippen molar-refractivity contribution in [2.45, 2.75) is 0 Å². The average Bonchev–Trinajstić information content (AvgIpc) is 3.23. The molecule has 1 aromatic carbocycles. The second-order valence-corrected chi connectivity index (χ2v) is 6.75. The third kappa shape index (κ3) is 3.83. The Bertz CT molecular complexity index is 1150. The number of rotatable bonds is 5. The first-order chi connectivity index (χ1) is 14.9. The highest BCUT2D eigenvalue weighted by Crippen LogP contribution is 2.25. The molecule has 1 aliphatic rings. The van der Waals surface area contributed by atoms with Crippen molar-refractivity contribution in [3.63, 3.8) is 0 Å². The quantitative estimate of drug-likeness (QED) is 0.515. The highest BCUT2D eigenvalue weighted by atomic mass is 16.5. The Morgan fingerprint density at radius 3 is 2.60 bits per heavy atom. The normalized spacial score (nSPS) is 14.5. The third-order valence-corrected chi connectivity index (χ3v) is 4.73. The molecule has 3 aromatic heterocycles. The van der Waals surface area contributed by atoms with Gasteiger partial charge in [-0.3, -0.25) is 4.98 Å². The number of benzene rings is 1. The molecule has 5 rings (SSSR count). The summed E-state index contributed by atoms with van der Waals surface area (Å²) in [6.07, 6.45) is 6.89. The fourth-order valence-electron chi connectivity index (χ4n) is 3.19. The Kier molecular flexibility index (Phi) is 5.01. The maximum atomic E-state index is 5.47. The van der Waals surface area contributed by atoms with E-state index in [-0.39, 0.29) is 0 Å². The van der Waals surface area contributed by atoms with Gasteiger partial charge in [0.05, 0.1) is 19.4 Å². The van der Waals surface area contributed by atoms with Gasteiger partial charge in [0.2, 0.25) is 5.95 Å². The zero-order valence-corrected chi connectivity index (χ0v) is 16.2. The van der Waals surface area contributed by atoms with Gasteiger partial charge >= 0.3 is 0 Å². The van der Waals surface area contributed by atoms with Crippen molar-refractivity contribution in [3.05, 3.63) is 66.7 Å². The maximum Gasteiger partial charge on any atom is 0.229 e. The fourth-order valence-corrected chi connectivity index (χ4v) is 3.19. The molecule has 0 spiro atoms. The lowest BCUT2D eigenvalue weighted by molar-refractivity contribution is 0.122. The Morgan fingerprint density at radius 1 is 1.00 bits per heavy atom. The number of hydrogen-bond acceptors (Lipinski definition) is 8. The summed E-state index contributed by atoms with van der Waals surface area (Å²) >= 11 is 0. The summed E-state index contributed by atoms with van der Waals surface area (Å²) in [5, 5.41) is 7.89. The molecule has 30 heavy (non-hydrogen) atoms. The van der Waals surface area contributed by atoms with Gasteiger partial charge in [-0.15, -0.1) is 0 Å². The lowest BCUT2D eigenvalue weighted by atomic mass is 10.2. The minimum Gasteiger partial charge on any atom is -0.378 e. The molecule has 1 saturated heterocycles. The fraction of sp³-hybridized carbons (Fsp3) is 0.190. The van der Waals surface area contributed by atoms with Gasteiger partial charge in [0.25, 0.3) is 0 Å². The van der Waals surface area contributed by atoms with E-state index in [4.69, 9.17) is 14.7 Å². The number of fused-ring (bicyclic) bond motifs is 1. The molecule has 0 unspecified atom stereocenters. The van der Waals surface area contributed by atoms with E-state index < -0.39 is 0 Å². The van der Waals surface area contributed by atoms with Crippen LogP contribution in [-0.2, 0) is 4.74 Å². The number of anilines is 3. The number of aromatic nitrogens is 5. The molecule has 0 bridgehead atoms. The molecule has 4 heterocycles. The van der Waals surface area contributed by atoms with Gasteiger partial charge in [0, 0.05) is 31.2 Å². The van der Waals surface area contributed by atoms with E-state index in [2.05, 4.69) is 25.3 Å². The molecule has 9 nitrogen and oxygen atoms in total. The Morgan fingerprint density at radius 2 is 1.80 bits per heavy atom. The van der Waals surface area contributed by atoms with Crippen molar-refractivity contribution < 1.29 is 4.74 Å². The van der Waals surface area contributed by atoms with Crippen molar-refractivity contribution in [3.8, 4) is 0 Å². The van der Waals surface area contributed by atoms with Crippen LogP contribution in [0.5, 0.6) is 0 Å². The molecule has 150 valence electrons. The monoisotopic (exact) mass is 400 g/mol. The average molecular weight is 400 g/mol. The zero-order chi connectivity index (χ0) is 20.2. The summed E-state index contributed by atoms with van der Waals surface area (Å²) in [5.74, 6) is 1.25. The van der Waals surface area contributed by atoms with Crippen LogP contribution in [0.15, 0.2) is 66.3 Å². The minimum atomic E-state index is 0.624. The zero-order valence-electron chi connectivity index (χ0n) is 16.2. The predicted molar refractivity (Wildman–Crippen MR) is 115 cm³/mol. The molecule has 1 N–H and O–H groups in total. The third-order valence-electron chi connectivity index (χ3n) is 4.73. The maximum absolute atomic E-state index is 5.47. The molecule has 4 aromatic rings. The van der Waals surface area contributed by atoms with Crippen LogP contribution >= 0.6 is 0 Å². The molecular formula is C21H20N8O. The van der Waals surface area contributed by atoms with E-state index in [9.17, 15) is 0 Å². The predicted octanol–water partition coefficient (Wildman–Crippen LogP) is 2.68. The van der Waals surface area contributed by atoms with Gasteiger partial charge in [-0.2, -0.15) is 15.1 Å².